The van der Waals surface area contributed by atoms with Gasteiger partial charge in [0, 0.05) is 24.5 Å². The molecule has 0 unspecified atom stereocenters. The third-order valence-corrected chi connectivity index (χ3v) is 4.55. The number of carbonyl (C=O) groups is 2. The lowest BCUT2D eigenvalue weighted by atomic mass is 9.90. The summed E-state index contributed by atoms with van der Waals surface area (Å²) in [5.74, 6) is -0.694. The second-order valence-electron chi connectivity index (χ2n) is 5.68. The molecule has 6 heteroatoms. The number of rotatable bonds is 7. The van der Waals surface area contributed by atoms with Gasteiger partial charge in [0.1, 0.15) is 0 Å². The number of carbonyl (C=O) groups excluding carboxylic acids is 2. The minimum atomic E-state index is -0.403. The number of hydrogen-bond donors (Lipinski definition) is 2. The summed E-state index contributed by atoms with van der Waals surface area (Å²) in [5, 5.41) is 7.93. The predicted octanol–water partition coefficient (Wildman–Crippen LogP) is 3.42. The second-order valence-corrected chi connectivity index (χ2v) is 6.58. The molecule has 0 aliphatic heterocycles. The molecule has 0 atom stereocenters. The Balaban J connectivity index is 1.62. The van der Waals surface area contributed by atoms with E-state index < -0.39 is 5.92 Å². The molecule has 0 saturated heterocycles. The molecule has 26 heavy (non-hydrogen) atoms. The summed E-state index contributed by atoms with van der Waals surface area (Å²) in [6.07, 6.45) is 1.83. The van der Waals surface area contributed by atoms with Crippen molar-refractivity contribution >= 4 is 28.3 Å². The normalized spacial score (nSPS) is 10.5. The Bertz CT molecular complexity index is 797. The summed E-state index contributed by atoms with van der Waals surface area (Å²) in [6.45, 7) is 0.270. The van der Waals surface area contributed by atoms with Crippen molar-refractivity contribution in [2.75, 3.05) is 11.9 Å². The van der Waals surface area contributed by atoms with Crippen molar-refractivity contribution in [1.82, 2.24) is 10.3 Å². The van der Waals surface area contributed by atoms with Crippen LogP contribution < -0.4 is 10.6 Å². The van der Waals surface area contributed by atoms with Gasteiger partial charge in [-0.3, -0.25) is 9.59 Å². The van der Waals surface area contributed by atoms with Crippen LogP contribution in [0.15, 0.2) is 72.2 Å². The van der Waals surface area contributed by atoms with Gasteiger partial charge in [-0.2, -0.15) is 0 Å². The molecule has 2 aromatic carbocycles. The minimum Gasteiger partial charge on any atom is -0.355 e. The summed E-state index contributed by atoms with van der Waals surface area (Å²) in [6, 6.07) is 19.3. The first-order valence-electron chi connectivity index (χ1n) is 8.31. The van der Waals surface area contributed by atoms with E-state index in [4.69, 9.17) is 0 Å². The number of nitrogens with zero attached hydrogens (tertiary/aromatic N) is 1. The van der Waals surface area contributed by atoms with E-state index in [1.165, 1.54) is 11.3 Å². The van der Waals surface area contributed by atoms with Gasteiger partial charge in [0.2, 0.25) is 11.8 Å². The van der Waals surface area contributed by atoms with Gasteiger partial charge in [-0.1, -0.05) is 60.7 Å². The Morgan fingerprint density at radius 2 is 1.58 bits per heavy atom. The predicted molar refractivity (Wildman–Crippen MR) is 103 cm³/mol. The monoisotopic (exact) mass is 365 g/mol. The summed E-state index contributed by atoms with van der Waals surface area (Å²) >= 11 is 1.36. The highest BCUT2D eigenvalue weighted by molar-refractivity contribution is 7.13. The number of hydrogen-bond acceptors (Lipinski definition) is 4. The Morgan fingerprint density at radius 1 is 0.962 bits per heavy atom. The number of benzene rings is 2. The van der Waals surface area contributed by atoms with Gasteiger partial charge in [-0.25, -0.2) is 4.98 Å². The quantitative estimate of drug-likeness (QED) is 0.674. The van der Waals surface area contributed by atoms with Gasteiger partial charge in [0.15, 0.2) is 5.13 Å². The van der Waals surface area contributed by atoms with Crippen molar-refractivity contribution in [3.05, 3.63) is 83.4 Å². The van der Waals surface area contributed by atoms with Crippen molar-refractivity contribution in [2.45, 2.75) is 12.3 Å². The lowest BCUT2D eigenvalue weighted by Gasteiger charge is -2.17. The SMILES string of the molecule is O=C(CCNC(=O)C(c1ccccc1)c1ccccc1)Nc1nccs1. The molecule has 2 N–H and O–H groups in total. The van der Waals surface area contributed by atoms with Gasteiger partial charge in [-0.05, 0) is 11.1 Å². The van der Waals surface area contributed by atoms with Crippen LogP contribution in [0.5, 0.6) is 0 Å². The van der Waals surface area contributed by atoms with E-state index in [9.17, 15) is 9.59 Å². The van der Waals surface area contributed by atoms with E-state index in [1.54, 1.807) is 11.6 Å². The number of nitrogens with one attached hydrogen (secondary N) is 2. The van der Waals surface area contributed by atoms with Crippen molar-refractivity contribution < 1.29 is 9.59 Å². The molecule has 132 valence electrons. The molecular formula is C20H19N3O2S. The number of amides is 2. The molecular weight excluding hydrogens is 346 g/mol. The molecule has 3 rings (SSSR count). The minimum absolute atomic E-state index is 0.121. The van der Waals surface area contributed by atoms with Crippen LogP contribution in [0.3, 0.4) is 0 Å². The maximum Gasteiger partial charge on any atom is 0.232 e. The zero-order chi connectivity index (χ0) is 18.2. The Kier molecular flexibility index (Phi) is 6.11. The second kappa shape index (κ2) is 8.92. The van der Waals surface area contributed by atoms with Crippen LogP contribution in [0.1, 0.15) is 23.5 Å². The van der Waals surface area contributed by atoms with Gasteiger partial charge in [0.25, 0.3) is 0 Å². The van der Waals surface area contributed by atoms with E-state index in [2.05, 4.69) is 15.6 Å². The van der Waals surface area contributed by atoms with Crippen molar-refractivity contribution in [2.24, 2.45) is 0 Å². The van der Waals surface area contributed by atoms with Crippen LogP contribution in [-0.2, 0) is 9.59 Å². The van der Waals surface area contributed by atoms with Crippen LogP contribution in [0.4, 0.5) is 5.13 Å². The zero-order valence-electron chi connectivity index (χ0n) is 14.1. The highest BCUT2D eigenvalue weighted by Gasteiger charge is 2.22. The molecule has 0 saturated carbocycles. The lowest BCUT2D eigenvalue weighted by molar-refractivity contribution is -0.121. The summed E-state index contributed by atoms with van der Waals surface area (Å²) < 4.78 is 0. The molecule has 2 amide bonds. The van der Waals surface area contributed by atoms with E-state index >= 15 is 0 Å². The van der Waals surface area contributed by atoms with Gasteiger partial charge in [-0.15, -0.1) is 11.3 Å². The molecule has 0 spiro atoms. The Hall–Kier alpha value is -2.99. The maximum atomic E-state index is 12.8. The molecule has 0 bridgehead atoms. The zero-order valence-corrected chi connectivity index (χ0v) is 14.9. The average molecular weight is 365 g/mol. The van der Waals surface area contributed by atoms with Crippen LogP contribution >= 0.6 is 11.3 Å². The first kappa shape index (κ1) is 17.8. The topological polar surface area (TPSA) is 71.1 Å². The fourth-order valence-electron chi connectivity index (χ4n) is 2.65. The van der Waals surface area contributed by atoms with E-state index in [0.717, 1.165) is 11.1 Å². The van der Waals surface area contributed by atoms with Crippen molar-refractivity contribution in [3.8, 4) is 0 Å². The standard InChI is InChI=1S/C20H19N3O2S/c24-17(23-20-22-13-14-26-20)11-12-21-19(25)18(15-7-3-1-4-8-15)16-9-5-2-6-10-16/h1-10,13-14,18H,11-12H2,(H,21,25)(H,22,23,24). The summed E-state index contributed by atoms with van der Waals surface area (Å²) in [4.78, 5) is 28.7. The van der Waals surface area contributed by atoms with E-state index in [1.807, 2.05) is 60.7 Å². The van der Waals surface area contributed by atoms with Crippen LogP contribution in [-0.4, -0.2) is 23.3 Å². The summed E-state index contributed by atoms with van der Waals surface area (Å²) in [7, 11) is 0. The Labute approximate surface area is 156 Å². The molecule has 0 aliphatic carbocycles. The third kappa shape index (κ3) is 4.77. The Morgan fingerprint density at radius 3 is 2.12 bits per heavy atom. The highest BCUT2D eigenvalue weighted by atomic mass is 32.1. The molecule has 1 aromatic heterocycles. The van der Waals surface area contributed by atoms with Gasteiger partial charge >= 0.3 is 0 Å². The number of anilines is 1. The fraction of sp³-hybridized carbons (Fsp3) is 0.150. The largest absolute Gasteiger partial charge is 0.355 e. The fourth-order valence-corrected chi connectivity index (χ4v) is 3.20. The van der Waals surface area contributed by atoms with E-state index in [-0.39, 0.29) is 24.8 Å². The first-order valence-corrected chi connectivity index (χ1v) is 9.19. The average Bonchev–Trinajstić information content (AvgIpc) is 3.17. The molecule has 1 heterocycles. The smallest absolute Gasteiger partial charge is 0.232 e. The van der Waals surface area contributed by atoms with Crippen LogP contribution in [0.25, 0.3) is 0 Å². The van der Waals surface area contributed by atoms with Crippen molar-refractivity contribution in [3.63, 3.8) is 0 Å². The maximum absolute atomic E-state index is 12.8. The molecule has 0 radical (unpaired) electrons. The number of thiazole rings is 1. The molecule has 3 aromatic rings. The molecule has 0 aliphatic rings. The first-order chi connectivity index (χ1) is 12.7. The van der Waals surface area contributed by atoms with Crippen LogP contribution in [0.2, 0.25) is 0 Å². The van der Waals surface area contributed by atoms with Gasteiger partial charge < -0.3 is 10.6 Å². The van der Waals surface area contributed by atoms with Crippen molar-refractivity contribution in [1.29, 1.82) is 0 Å². The lowest BCUT2D eigenvalue weighted by Crippen LogP contribution is -2.32. The summed E-state index contributed by atoms with van der Waals surface area (Å²) in [5.41, 5.74) is 1.84. The molecule has 5 nitrogen and oxygen atoms in total. The highest BCUT2D eigenvalue weighted by Crippen LogP contribution is 2.24. The van der Waals surface area contributed by atoms with Crippen LogP contribution in [0, 0.1) is 0 Å². The van der Waals surface area contributed by atoms with Gasteiger partial charge in [0.05, 0.1) is 5.92 Å². The number of aromatic nitrogens is 1. The third-order valence-electron chi connectivity index (χ3n) is 3.86. The molecule has 0 fully saturated rings. The van der Waals surface area contributed by atoms with E-state index in [0.29, 0.717) is 5.13 Å².